The molecule has 2 aromatic rings. The first-order valence-electron chi connectivity index (χ1n) is 6.27. The molecule has 0 heterocycles. The Morgan fingerprint density at radius 1 is 1.14 bits per heavy atom. The van der Waals surface area contributed by atoms with Gasteiger partial charge in [-0.15, -0.1) is 0 Å². The molecule has 0 bridgehead atoms. The Kier molecular flexibility index (Phi) is 5.72. The van der Waals surface area contributed by atoms with Crippen molar-refractivity contribution in [3.8, 4) is 5.75 Å². The molecule has 0 aromatic heterocycles. The standard InChI is InChI=1S/C16H12Cl3NO2/c1-22-16-10(7-12(18)9-14(16)19)5-6-15(21)20-13-4-2-3-11(17)8-13/h2-9H,1H3,(H,20,21). The second-order valence-electron chi connectivity index (χ2n) is 4.34. The van der Waals surface area contributed by atoms with Crippen LogP contribution in [0, 0.1) is 0 Å². The zero-order chi connectivity index (χ0) is 16.1. The van der Waals surface area contributed by atoms with Crippen LogP contribution in [0.15, 0.2) is 42.5 Å². The molecule has 2 aromatic carbocycles. The van der Waals surface area contributed by atoms with Crippen molar-refractivity contribution in [3.05, 3.63) is 63.1 Å². The van der Waals surface area contributed by atoms with E-state index in [0.29, 0.717) is 32.1 Å². The molecule has 22 heavy (non-hydrogen) atoms. The van der Waals surface area contributed by atoms with Crippen LogP contribution in [0.2, 0.25) is 15.1 Å². The number of hydrogen-bond acceptors (Lipinski definition) is 2. The predicted molar refractivity (Wildman–Crippen MR) is 92.1 cm³/mol. The number of rotatable bonds is 4. The summed E-state index contributed by atoms with van der Waals surface area (Å²) < 4.78 is 5.21. The second-order valence-corrected chi connectivity index (χ2v) is 5.62. The molecule has 0 atom stereocenters. The highest BCUT2D eigenvalue weighted by Gasteiger charge is 2.08. The molecule has 3 nitrogen and oxygen atoms in total. The SMILES string of the molecule is COc1c(Cl)cc(Cl)cc1C=CC(=O)Nc1cccc(Cl)c1. The third-order valence-corrected chi connectivity index (χ3v) is 3.48. The highest BCUT2D eigenvalue weighted by Crippen LogP contribution is 2.32. The van der Waals surface area contributed by atoms with Crippen molar-refractivity contribution in [2.75, 3.05) is 12.4 Å². The van der Waals surface area contributed by atoms with Crippen LogP contribution in [-0.2, 0) is 4.79 Å². The minimum absolute atomic E-state index is 0.305. The van der Waals surface area contributed by atoms with Gasteiger partial charge in [-0.1, -0.05) is 40.9 Å². The minimum atomic E-state index is -0.305. The van der Waals surface area contributed by atoms with Gasteiger partial charge < -0.3 is 10.1 Å². The lowest BCUT2D eigenvalue weighted by Gasteiger charge is -2.08. The van der Waals surface area contributed by atoms with Crippen molar-refractivity contribution in [2.24, 2.45) is 0 Å². The topological polar surface area (TPSA) is 38.3 Å². The summed E-state index contributed by atoms with van der Waals surface area (Å²) in [5.74, 6) is 0.151. The van der Waals surface area contributed by atoms with Crippen molar-refractivity contribution in [2.45, 2.75) is 0 Å². The molecule has 1 N–H and O–H groups in total. The van der Waals surface area contributed by atoms with Gasteiger partial charge in [0.05, 0.1) is 12.1 Å². The first-order valence-corrected chi connectivity index (χ1v) is 7.40. The molecular formula is C16H12Cl3NO2. The summed E-state index contributed by atoms with van der Waals surface area (Å²) in [6.45, 7) is 0. The van der Waals surface area contributed by atoms with Crippen molar-refractivity contribution in [3.63, 3.8) is 0 Å². The van der Waals surface area contributed by atoms with Gasteiger partial charge in [-0.25, -0.2) is 0 Å². The highest BCUT2D eigenvalue weighted by atomic mass is 35.5. The van der Waals surface area contributed by atoms with Crippen LogP contribution >= 0.6 is 34.8 Å². The largest absolute Gasteiger partial charge is 0.495 e. The smallest absolute Gasteiger partial charge is 0.248 e. The maximum absolute atomic E-state index is 11.9. The van der Waals surface area contributed by atoms with Crippen LogP contribution in [0.25, 0.3) is 6.08 Å². The van der Waals surface area contributed by atoms with E-state index in [1.807, 2.05) is 0 Å². The van der Waals surface area contributed by atoms with Crippen LogP contribution < -0.4 is 10.1 Å². The average Bonchev–Trinajstić information content (AvgIpc) is 2.44. The van der Waals surface area contributed by atoms with Gasteiger partial charge in [0, 0.05) is 27.4 Å². The van der Waals surface area contributed by atoms with Gasteiger partial charge in [-0.3, -0.25) is 4.79 Å². The summed E-state index contributed by atoms with van der Waals surface area (Å²) in [5, 5.41) is 4.09. The van der Waals surface area contributed by atoms with E-state index in [9.17, 15) is 4.79 Å². The fourth-order valence-corrected chi connectivity index (χ4v) is 2.61. The normalized spacial score (nSPS) is 10.7. The summed E-state index contributed by atoms with van der Waals surface area (Å²) in [6.07, 6.45) is 2.95. The predicted octanol–water partition coefficient (Wildman–Crippen LogP) is 5.31. The Bertz CT molecular complexity index is 729. The molecule has 0 aliphatic carbocycles. The molecule has 0 fully saturated rings. The Balaban J connectivity index is 2.16. The van der Waals surface area contributed by atoms with E-state index in [4.69, 9.17) is 39.5 Å². The third-order valence-electron chi connectivity index (χ3n) is 2.75. The third kappa shape index (κ3) is 4.41. The van der Waals surface area contributed by atoms with Crippen LogP contribution in [0.5, 0.6) is 5.75 Å². The summed E-state index contributed by atoms with van der Waals surface area (Å²) >= 11 is 17.9. The van der Waals surface area contributed by atoms with Gasteiger partial charge in [0.2, 0.25) is 5.91 Å². The van der Waals surface area contributed by atoms with Crippen LogP contribution in [0.1, 0.15) is 5.56 Å². The van der Waals surface area contributed by atoms with E-state index in [1.54, 1.807) is 42.5 Å². The van der Waals surface area contributed by atoms with E-state index in [0.717, 1.165) is 0 Å². The Labute approximate surface area is 143 Å². The van der Waals surface area contributed by atoms with Crippen molar-refractivity contribution >= 4 is 52.5 Å². The zero-order valence-electron chi connectivity index (χ0n) is 11.6. The van der Waals surface area contributed by atoms with Crippen LogP contribution in [0.4, 0.5) is 5.69 Å². The average molecular weight is 357 g/mol. The van der Waals surface area contributed by atoms with Crippen LogP contribution in [0.3, 0.4) is 0 Å². The summed E-state index contributed by atoms with van der Waals surface area (Å²) in [7, 11) is 1.50. The molecule has 6 heteroatoms. The number of benzene rings is 2. The molecule has 0 aliphatic heterocycles. The van der Waals surface area contributed by atoms with Crippen molar-refractivity contribution in [1.29, 1.82) is 0 Å². The lowest BCUT2D eigenvalue weighted by molar-refractivity contribution is -0.111. The number of anilines is 1. The summed E-state index contributed by atoms with van der Waals surface area (Å²) in [6, 6.07) is 10.1. The molecular weight excluding hydrogens is 345 g/mol. The number of hydrogen-bond donors (Lipinski definition) is 1. The minimum Gasteiger partial charge on any atom is -0.495 e. The number of carbonyl (C=O) groups is 1. The quantitative estimate of drug-likeness (QED) is 0.754. The molecule has 0 aliphatic rings. The van der Waals surface area contributed by atoms with Crippen molar-refractivity contribution in [1.82, 2.24) is 0 Å². The monoisotopic (exact) mass is 355 g/mol. The molecule has 1 amide bonds. The lowest BCUT2D eigenvalue weighted by atomic mass is 10.2. The zero-order valence-corrected chi connectivity index (χ0v) is 13.8. The fourth-order valence-electron chi connectivity index (χ4n) is 1.84. The second kappa shape index (κ2) is 7.54. The maximum atomic E-state index is 11.9. The number of amides is 1. The molecule has 0 saturated carbocycles. The van der Waals surface area contributed by atoms with Gasteiger partial charge in [0.25, 0.3) is 0 Å². The van der Waals surface area contributed by atoms with Crippen molar-refractivity contribution < 1.29 is 9.53 Å². The maximum Gasteiger partial charge on any atom is 0.248 e. The molecule has 0 radical (unpaired) electrons. The first kappa shape index (κ1) is 16.7. The number of carbonyl (C=O) groups excluding carboxylic acids is 1. The van der Waals surface area contributed by atoms with Gasteiger partial charge in [0.15, 0.2) is 0 Å². The highest BCUT2D eigenvalue weighted by molar-refractivity contribution is 6.36. The van der Waals surface area contributed by atoms with Gasteiger partial charge in [0.1, 0.15) is 5.75 Å². The molecule has 0 spiro atoms. The number of nitrogens with one attached hydrogen (secondary N) is 1. The molecule has 2 rings (SSSR count). The molecule has 114 valence electrons. The number of halogens is 3. The summed E-state index contributed by atoms with van der Waals surface area (Å²) in [4.78, 5) is 11.9. The van der Waals surface area contributed by atoms with E-state index in [2.05, 4.69) is 5.32 Å². The molecule has 0 saturated heterocycles. The first-order chi connectivity index (χ1) is 10.5. The lowest BCUT2D eigenvalue weighted by Crippen LogP contribution is -2.07. The fraction of sp³-hybridized carbons (Fsp3) is 0.0625. The van der Waals surface area contributed by atoms with E-state index < -0.39 is 0 Å². The van der Waals surface area contributed by atoms with Gasteiger partial charge in [-0.2, -0.15) is 0 Å². The van der Waals surface area contributed by atoms with E-state index in [1.165, 1.54) is 13.2 Å². The van der Waals surface area contributed by atoms with E-state index >= 15 is 0 Å². The van der Waals surface area contributed by atoms with E-state index in [-0.39, 0.29) is 5.91 Å². The Morgan fingerprint density at radius 3 is 2.59 bits per heavy atom. The summed E-state index contributed by atoms with van der Waals surface area (Å²) in [5.41, 5.74) is 1.22. The van der Waals surface area contributed by atoms with Crippen LogP contribution in [-0.4, -0.2) is 13.0 Å². The van der Waals surface area contributed by atoms with Gasteiger partial charge >= 0.3 is 0 Å². The Hall–Kier alpha value is -1.68. The number of methoxy groups -OCH3 is 1. The number of ether oxygens (including phenoxy) is 1. The molecule has 0 unspecified atom stereocenters. The van der Waals surface area contributed by atoms with Gasteiger partial charge in [-0.05, 0) is 36.4 Å². The Morgan fingerprint density at radius 2 is 1.91 bits per heavy atom.